The van der Waals surface area contributed by atoms with Crippen LogP contribution in [-0.2, 0) is 19.9 Å². The molecule has 0 N–H and O–H groups in total. The number of piperidine rings is 1. The van der Waals surface area contributed by atoms with Crippen molar-refractivity contribution in [2.24, 2.45) is 0 Å². The summed E-state index contributed by atoms with van der Waals surface area (Å²) in [4.78, 5) is 0.110. The predicted octanol–water partition coefficient (Wildman–Crippen LogP) is 3.16. The molecule has 2 aromatic rings. The van der Waals surface area contributed by atoms with Gasteiger partial charge in [0.1, 0.15) is 11.6 Å². The van der Waals surface area contributed by atoms with Crippen molar-refractivity contribution in [2.45, 2.75) is 41.7 Å². The second kappa shape index (κ2) is 8.41. The summed E-state index contributed by atoms with van der Waals surface area (Å²) >= 11 is 0. The lowest BCUT2D eigenvalue weighted by molar-refractivity contribution is 0.337. The zero-order valence-corrected chi connectivity index (χ0v) is 18.0. The Morgan fingerprint density at radius 2 is 1.72 bits per heavy atom. The third-order valence-corrected chi connectivity index (χ3v) is 9.06. The van der Waals surface area contributed by atoms with Crippen LogP contribution in [-0.4, -0.2) is 46.1 Å². The Morgan fingerprint density at radius 3 is 2.34 bits per heavy atom. The number of halogens is 1. The van der Waals surface area contributed by atoms with Crippen LogP contribution >= 0.6 is 0 Å². The van der Waals surface area contributed by atoms with Gasteiger partial charge in [0, 0.05) is 13.1 Å². The Bertz CT molecular complexity index is 1080. The number of hydrogen-bond acceptors (Lipinski definition) is 5. The van der Waals surface area contributed by atoms with Crippen molar-refractivity contribution in [1.82, 2.24) is 4.31 Å². The maximum absolute atomic E-state index is 13.1. The Kier molecular flexibility index (Phi) is 6.30. The summed E-state index contributed by atoms with van der Waals surface area (Å²) in [6, 6.07) is 9.24. The molecule has 0 amide bonds. The van der Waals surface area contributed by atoms with Gasteiger partial charge in [0.15, 0.2) is 9.84 Å². The Morgan fingerprint density at radius 1 is 1.07 bits per heavy atom. The summed E-state index contributed by atoms with van der Waals surface area (Å²) in [6.07, 6.45) is 0.786. The van der Waals surface area contributed by atoms with Crippen LogP contribution in [0.25, 0.3) is 0 Å². The first-order chi connectivity index (χ1) is 13.7. The number of hydrogen-bond donors (Lipinski definition) is 0. The fourth-order valence-corrected chi connectivity index (χ4v) is 6.90. The molecule has 6 nitrogen and oxygen atoms in total. The van der Waals surface area contributed by atoms with Crippen molar-refractivity contribution in [3.63, 3.8) is 0 Å². The van der Waals surface area contributed by atoms with Crippen LogP contribution in [0.15, 0.2) is 52.3 Å². The molecule has 1 aliphatic heterocycles. The molecule has 1 saturated heterocycles. The highest BCUT2D eigenvalue weighted by atomic mass is 32.2. The number of rotatable bonds is 6. The van der Waals surface area contributed by atoms with E-state index in [1.165, 1.54) is 22.5 Å². The van der Waals surface area contributed by atoms with E-state index in [4.69, 9.17) is 4.74 Å². The van der Waals surface area contributed by atoms with Gasteiger partial charge in [0.05, 0.1) is 21.6 Å². The summed E-state index contributed by atoms with van der Waals surface area (Å²) in [7, 11) is -7.61. The molecular formula is C20H24FNO5S2. The fraction of sp³-hybridized carbons (Fsp3) is 0.400. The largest absolute Gasteiger partial charge is 0.494 e. The molecule has 0 spiro atoms. The Balaban J connectivity index is 1.86. The van der Waals surface area contributed by atoms with E-state index in [-0.39, 0.29) is 22.9 Å². The standard InChI is InChI=1S/C20H24FNO5S2/c1-3-27-20-11-10-18(13-15(20)2)29(25,26)22-12-4-5-19(14-22)28(23,24)17-8-6-16(21)7-9-17/h6-11,13,19H,3-5,12,14H2,1-2H3/t19-/m0/s1. The summed E-state index contributed by atoms with van der Waals surface area (Å²) < 4.78 is 71.9. The lowest BCUT2D eigenvalue weighted by Crippen LogP contribution is -2.45. The van der Waals surface area contributed by atoms with E-state index in [1.54, 1.807) is 19.1 Å². The SMILES string of the molecule is CCOc1ccc(S(=O)(=O)N2CCC[C@H](S(=O)(=O)c3ccc(F)cc3)C2)cc1C. The molecule has 0 radical (unpaired) electrons. The minimum Gasteiger partial charge on any atom is -0.494 e. The average molecular weight is 442 g/mol. The molecule has 1 aliphatic rings. The van der Waals surface area contributed by atoms with E-state index in [0.717, 1.165) is 12.1 Å². The molecule has 158 valence electrons. The van der Waals surface area contributed by atoms with Gasteiger partial charge >= 0.3 is 0 Å². The zero-order valence-electron chi connectivity index (χ0n) is 16.3. The second-order valence-electron chi connectivity index (χ2n) is 6.99. The van der Waals surface area contributed by atoms with Gasteiger partial charge < -0.3 is 4.74 Å². The minimum atomic E-state index is -3.85. The van der Waals surface area contributed by atoms with Crippen molar-refractivity contribution in [3.05, 3.63) is 53.8 Å². The smallest absolute Gasteiger partial charge is 0.243 e. The molecule has 1 atom stereocenters. The monoisotopic (exact) mass is 441 g/mol. The lowest BCUT2D eigenvalue weighted by Gasteiger charge is -2.31. The number of sulfonamides is 1. The highest BCUT2D eigenvalue weighted by molar-refractivity contribution is 7.92. The zero-order chi connectivity index (χ0) is 21.2. The van der Waals surface area contributed by atoms with Crippen LogP contribution in [0.1, 0.15) is 25.3 Å². The summed E-state index contributed by atoms with van der Waals surface area (Å²) in [6.45, 7) is 4.21. The first-order valence-electron chi connectivity index (χ1n) is 9.39. The van der Waals surface area contributed by atoms with Gasteiger partial charge in [-0.05, 0) is 74.7 Å². The molecule has 0 aliphatic carbocycles. The molecule has 0 aromatic heterocycles. The van der Waals surface area contributed by atoms with Crippen LogP contribution in [0.2, 0.25) is 0 Å². The fourth-order valence-electron chi connectivity index (χ4n) is 3.44. The molecule has 0 bridgehead atoms. The van der Waals surface area contributed by atoms with E-state index in [0.29, 0.717) is 30.8 Å². The van der Waals surface area contributed by atoms with Crippen molar-refractivity contribution in [2.75, 3.05) is 19.7 Å². The van der Waals surface area contributed by atoms with Crippen molar-refractivity contribution < 1.29 is 26.0 Å². The molecule has 9 heteroatoms. The third kappa shape index (κ3) is 4.46. The molecule has 29 heavy (non-hydrogen) atoms. The van der Waals surface area contributed by atoms with Crippen LogP contribution < -0.4 is 4.74 Å². The highest BCUT2D eigenvalue weighted by Crippen LogP contribution is 2.29. The number of nitrogens with zero attached hydrogens (tertiary/aromatic N) is 1. The summed E-state index contributed by atoms with van der Waals surface area (Å²) in [5, 5.41) is -0.875. The van der Waals surface area contributed by atoms with Gasteiger partial charge in [-0.2, -0.15) is 4.31 Å². The van der Waals surface area contributed by atoms with Gasteiger partial charge in [-0.25, -0.2) is 21.2 Å². The molecule has 1 heterocycles. The first-order valence-corrected chi connectivity index (χ1v) is 12.4. The first kappa shape index (κ1) is 21.7. The molecule has 2 aromatic carbocycles. The topological polar surface area (TPSA) is 80.8 Å². The van der Waals surface area contributed by atoms with Crippen LogP contribution in [0.5, 0.6) is 5.75 Å². The van der Waals surface area contributed by atoms with Gasteiger partial charge in [-0.15, -0.1) is 0 Å². The molecular weight excluding hydrogens is 417 g/mol. The minimum absolute atomic E-state index is 0.0000553. The summed E-state index contributed by atoms with van der Waals surface area (Å²) in [5.74, 6) is 0.0875. The van der Waals surface area contributed by atoms with E-state index in [2.05, 4.69) is 0 Å². The van der Waals surface area contributed by atoms with Crippen LogP contribution in [0.3, 0.4) is 0 Å². The van der Waals surface area contributed by atoms with Gasteiger partial charge in [0.2, 0.25) is 10.0 Å². The summed E-state index contributed by atoms with van der Waals surface area (Å²) in [5.41, 5.74) is 0.695. The van der Waals surface area contributed by atoms with E-state index < -0.39 is 30.9 Å². The lowest BCUT2D eigenvalue weighted by atomic mass is 10.2. The third-order valence-electron chi connectivity index (χ3n) is 5.01. The molecule has 0 unspecified atom stereocenters. The normalized spacial score (nSPS) is 18.5. The van der Waals surface area contributed by atoms with Gasteiger partial charge in [-0.3, -0.25) is 0 Å². The van der Waals surface area contributed by atoms with E-state index in [9.17, 15) is 21.2 Å². The molecule has 3 rings (SSSR count). The maximum atomic E-state index is 13.1. The predicted molar refractivity (Wildman–Crippen MR) is 108 cm³/mol. The van der Waals surface area contributed by atoms with Crippen molar-refractivity contribution in [1.29, 1.82) is 0 Å². The van der Waals surface area contributed by atoms with Gasteiger partial charge in [0.25, 0.3) is 0 Å². The quantitative estimate of drug-likeness (QED) is 0.644. The Hall–Kier alpha value is -1.97. The van der Waals surface area contributed by atoms with Crippen molar-refractivity contribution >= 4 is 19.9 Å². The average Bonchev–Trinajstić information content (AvgIpc) is 2.70. The number of aryl methyl sites for hydroxylation is 1. The highest BCUT2D eigenvalue weighted by Gasteiger charge is 2.37. The maximum Gasteiger partial charge on any atom is 0.243 e. The van der Waals surface area contributed by atoms with E-state index >= 15 is 0 Å². The second-order valence-corrected chi connectivity index (χ2v) is 11.2. The number of ether oxygens (including phenoxy) is 1. The van der Waals surface area contributed by atoms with Crippen LogP contribution in [0, 0.1) is 12.7 Å². The molecule has 1 fully saturated rings. The van der Waals surface area contributed by atoms with Crippen molar-refractivity contribution in [3.8, 4) is 5.75 Å². The van der Waals surface area contributed by atoms with E-state index in [1.807, 2.05) is 6.92 Å². The van der Waals surface area contributed by atoms with Crippen LogP contribution in [0.4, 0.5) is 4.39 Å². The number of benzene rings is 2. The number of sulfone groups is 1. The Labute approximate surface area is 171 Å². The van der Waals surface area contributed by atoms with Gasteiger partial charge in [-0.1, -0.05) is 0 Å². The molecule has 0 saturated carbocycles.